The molecule has 144 valence electrons. The van der Waals surface area contributed by atoms with Crippen LogP contribution in [0.3, 0.4) is 0 Å². The van der Waals surface area contributed by atoms with Gasteiger partial charge in [-0.15, -0.1) is 0 Å². The molecule has 0 aromatic carbocycles. The highest BCUT2D eigenvalue weighted by Crippen LogP contribution is 2.58. The molecule has 0 bridgehead atoms. The molecule has 6 atom stereocenters. The Morgan fingerprint density at radius 1 is 1.42 bits per heavy atom. The molecule has 0 radical (unpaired) electrons. The lowest BCUT2D eigenvalue weighted by molar-refractivity contribution is -0.178. The Hall–Kier alpha value is -1.69. The number of hydrogen-bond acceptors (Lipinski definition) is 6. The molecule has 26 heavy (non-hydrogen) atoms. The van der Waals surface area contributed by atoms with E-state index in [2.05, 4.69) is 6.58 Å². The van der Waals surface area contributed by atoms with Gasteiger partial charge in [-0.1, -0.05) is 20.4 Å². The molecule has 1 saturated heterocycles. The lowest BCUT2D eigenvalue weighted by Gasteiger charge is -2.44. The lowest BCUT2D eigenvalue weighted by atomic mass is 9.65. The highest BCUT2D eigenvalue weighted by molar-refractivity contribution is 5.94. The molecule has 2 unspecified atom stereocenters. The van der Waals surface area contributed by atoms with Crippen LogP contribution in [0.1, 0.15) is 52.9 Å². The monoisotopic (exact) mass is 364 g/mol. The number of ether oxygens (including phenoxy) is 2. The second-order valence-corrected chi connectivity index (χ2v) is 8.22. The third-order valence-electron chi connectivity index (χ3n) is 7.03. The number of fused-ring (bicyclic) bond motifs is 3. The van der Waals surface area contributed by atoms with Gasteiger partial charge in [0.05, 0.1) is 23.5 Å². The fourth-order valence-corrected chi connectivity index (χ4v) is 4.88. The molecule has 0 aromatic rings. The molecule has 3 aliphatic rings. The molecular weight excluding hydrogens is 336 g/mol. The Morgan fingerprint density at radius 2 is 2.12 bits per heavy atom. The van der Waals surface area contributed by atoms with Crippen LogP contribution in [-0.2, 0) is 23.9 Å². The molecule has 1 aliphatic heterocycles. The summed E-state index contributed by atoms with van der Waals surface area (Å²) in [5, 5.41) is 11.6. The number of esters is 2. The van der Waals surface area contributed by atoms with Crippen LogP contribution in [0.2, 0.25) is 0 Å². The minimum Gasteiger partial charge on any atom is -0.465 e. The molecular formula is C20H28O6. The average molecular weight is 364 g/mol. The standard InChI is InChI=1S/C20H28O6/c1-5-11(2)17(22)25-10-13-6-7-14-12(3)18(23)26-16(14)19(4)15(21)8-9-20(13,19)24/h11,13-14,16,24H,3,5-10H2,1-2,4H3/t11?,13?,14-,16+,19-,20+/m0/s1. The van der Waals surface area contributed by atoms with E-state index in [4.69, 9.17) is 9.47 Å². The molecule has 3 rings (SSSR count). The van der Waals surface area contributed by atoms with Crippen molar-refractivity contribution in [1.29, 1.82) is 0 Å². The fraction of sp³-hybridized carbons (Fsp3) is 0.750. The van der Waals surface area contributed by atoms with Gasteiger partial charge in [0.15, 0.2) is 0 Å². The number of carbonyl (C=O) groups is 3. The van der Waals surface area contributed by atoms with Crippen LogP contribution in [0.25, 0.3) is 0 Å². The van der Waals surface area contributed by atoms with E-state index in [1.165, 1.54) is 0 Å². The quantitative estimate of drug-likeness (QED) is 0.607. The second-order valence-electron chi connectivity index (χ2n) is 8.22. The summed E-state index contributed by atoms with van der Waals surface area (Å²) in [6.07, 6.45) is 1.63. The van der Waals surface area contributed by atoms with Crippen LogP contribution in [0.15, 0.2) is 12.2 Å². The van der Waals surface area contributed by atoms with Crippen LogP contribution in [0, 0.1) is 23.2 Å². The Kier molecular flexibility index (Phi) is 4.76. The summed E-state index contributed by atoms with van der Waals surface area (Å²) < 4.78 is 11.0. The third-order valence-corrected chi connectivity index (χ3v) is 7.03. The van der Waals surface area contributed by atoms with Crippen molar-refractivity contribution in [2.24, 2.45) is 23.2 Å². The van der Waals surface area contributed by atoms with E-state index in [9.17, 15) is 19.5 Å². The van der Waals surface area contributed by atoms with Crippen molar-refractivity contribution in [3.8, 4) is 0 Å². The number of aliphatic hydroxyl groups is 1. The lowest BCUT2D eigenvalue weighted by Crippen LogP contribution is -2.57. The van der Waals surface area contributed by atoms with Gasteiger partial charge in [-0.2, -0.15) is 0 Å². The summed E-state index contributed by atoms with van der Waals surface area (Å²) in [4.78, 5) is 36.9. The Morgan fingerprint density at radius 3 is 2.77 bits per heavy atom. The van der Waals surface area contributed by atoms with Crippen molar-refractivity contribution in [2.45, 2.75) is 64.6 Å². The van der Waals surface area contributed by atoms with E-state index in [-0.39, 0.29) is 42.5 Å². The summed E-state index contributed by atoms with van der Waals surface area (Å²) in [5.41, 5.74) is -2.18. The Labute approximate surface area is 153 Å². The van der Waals surface area contributed by atoms with Crippen LogP contribution >= 0.6 is 0 Å². The summed E-state index contributed by atoms with van der Waals surface area (Å²) in [7, 11) is 0. The molecule has 3 fully saturated rings. The molecule has 0 amide bonds. The second kappa shape index (κ2) is 6.48. The predicted molar refractivity (Wildman–Crippen MR) is 92.9 cm³/mol. The summed E-state index contributed by atoms with van der Waals surface area (Å²) in [5.74, 6) is -1.72. The SMILES string of the molecule is C=C1C(=O)O[C@@H]2[C@H]1CCC(COC(=O)C(C)CC)[C@]1(O)CCC(=O)[C@@]21C. The van der Waals surface area contributed by atoms with E-state index >= 15 is 0 Å². The van der Waals surface area contributed by atoms with Gasteiger partial charge in [0.2, 0.25) is 0 Å². The molecule has 2 aliphatic carbocycles. The molecule has 1 N–H and O–H groups in total. The minimum atomic E-state index is -1.36. The Balaban J connectivity index is 1.90. The van der Waals surface area contributed by atoms with Crippen molar-refractivity contribution in [1.82, 2.24) is 0 Å². The summed E-state index contributed by atoms with van der Waals surface area (Å²) in [6, 6.07) is 0. The Bertz CT molecular complexity index is 655. The predicted octanol–water partition coefficient (Wildman–Crippen LogP) is 2.18. The van der Waals surface area contributed by atoms with Gasteiger partial charge < -0.3 is 14.6 Å². The maximum atomic E-state index is 12.8. The van der Waals surface area contributed by atoms with Crippen LogP contribution < -0.4 is 0 Å². The van der Waals surface area contributed by atoms with Gasteiger partial charge in [-0.3, -0.25) is 9.59 Å². The van der Waals surface area contributed by atoms with Crippen molar-refractivity contribution < 1.29 is 29.0 Å². The smallest absolute Gasteiger partial charge is 0.334 e. The van der Waals surface area contributed by atoms with Gasteiger partial charge in [-0.25, -0.2) is 4.79 Å². The van der Waals surface area contributed by atoms with Crippen LogP contribution in [0.4, 0.5) is 0 Å². The van der Waals surface area contributed by atoms with Crippen LogP contribution in [0.5, 0.6) is 0 Å². The van der Waals surface area contributed by atoms with Gasteiger partial charge in [0.25, 0.3) is 0 Å². The molecule has 6 heteroatoms. The average Bonchev–Trinajstić information content (AvgIpc) is 3.00. The maximum Gasteiger partial charge on any atom is 0.334 e. The first-order chi connectivity index (χ1) is 12.2. The number of rotatable bonds is 4. The number of ketones is 1. The van der Waals surface area contributed by atoms with Crippen LogP contribution in [-0.4, -0.2) is 41.1 Å². The molecule has 1 heterocycles. The largest absolute Gasteiger partial charge is 0.465 e. The molecule has 2 saturated carbocycles. The van der Waals surface area contributed by atoms with Crippen molar-refractivity contribution in [3.63, 3.8) is 0 Å². The van der Waals surface area contributed by atoms with E-state index in [1.54, 1.807) is 13.8 Å². The van der Waals surface area contributed by atoms with Crippen molar-refractivity contribution in [3.05, 3.63) is 12.2 Å². The molecule has 0 aromatic heterocycles. The zero-order valence-corrected chi connectivity index (χ0v) is 15.7. The summed E-state index contributed by atoms with van der Waals surface area (Å²) >= 11 is 0. The normalized spacial score (nSPS) is 40.5. The van der Waals surface area contributed by atoms with Gasteiger partial charge in [0, 0.05) is 23.8 Å². The number of carbonyl (C=O) groups excluding carboxylic acids is 3. The van der Waals surface area contributed by atoms with E-state index in [0.717, 1.165) is 0 Å². The van der Waals surface area contributed by atoms with Gasteiger partial charge in [-0.05, 0) is 32.6 Å². The maximum absolute atomic E-state index is 12.8. The molecule has 6 nitrogen and oxygen atoms in total. The first-order valence-corrected chi connectivity index (χ1v) is 9.48. The summed E-state index contributed by atoms with van der Waals surface area (Å²) in [6.45, 7) is 9.32. The van der Waals surface area contributed by atoms with E-state index < -0.39 is 23.1 Å². The zero-order chi connectivity index (χ0) is 19.3. The first-order valence-electron chi connectivity index (χ1n) is 9.48. The van der Waals surface area contributed by atoms with E-state index in [1.807, 2.05) is 6.92 Å². The molecule has 0 spiro atoms. The fourth-order valence-electron chi connectivity index (χ4n) is 4.88. The third kappa shape index (κ3) is 2.53. The highest BCUT2D eigenvalue weighted by atomic mass is 16.6. The highest BCUT2D eigenvalue weighted by Gasteiger charge is 2.69. The topological polar surface area (TPSA) is 89.9 Å². The van der Waals surface area contributed by atoms with Gasteiger partial charge in [0.1, 0.15) is 11.9 Å². The van der Waals surface area contributed by atoms with Crippen molar-refractivity contribution >= 4 is 17.7 Å². The van der Waals surface area contributed by atoms with Gasteiger partial charge >= 0.3 is 11.9 Å². The van der Waals surface area contributed by atoms with E-state index in [0.29, 0.717) is 31.3 Å². The minimum absolute atomic E-state index is 0.0718. The number of hydrogen-bond donors (Lipinski definition) is 1. The first kappa shape index (κ1) is 19.1. The zero-order valence-electron chi connectivity index (χ0n) is 15.7. The van der Waals surface area contributed by atoms with Crippen molar-refractivity contribution in [2.75, 3.05) is 6.61 Å². The number of Topliss-reactive ketones (excluding diaryl/α,β-unsaturated/α-hetero) is 1.